The second-order valence-corrected chi connectivity index (χ2v) is 6.75. The number of carbonyl (C=O) groups excluding carboxylic acids is 2. The first-order valence-electron chi connectivity index (χ1n) is 8.50. The molecule has 1 heterocycles. The lowest BCUT2D eigenvalue weighted by molar-refractivity contribution is 0.0992. The van der Waals surface area contributed by atoms with Crippen LogP contribution in [-0.2, 0) is 13.6 Å². The summed E-state index contributed by atoms with van der Waals surface area (Å²) in [6.45, 7) is 3.62. The molecule has 0 radical (unpaired) electrons. The van der Waals surface area contributed by atoms with Crippen molar-refractivity contribution in [3.63, 3.8) is 0 Å². The zero-order chi connectivity index (χ0) is 21.2. The zero-order valence-corrected chi connectivity index (χ0v) is 15.8. The fraction of sp³-hybridized carbons (Fsp3) is 0.333. The Bertz CT molecular complexity index is 1060. The highest BCUT2D eigenvalue weighted by Gasteiger charge is 2.22. The lowest BCUT2D eigenvalue weighted by Gasteiger charge is -2.16. The third-order valence-corrected chi connectivity index (χ3v) is 4.09. The van der Waals surface area contributed by atoms with Gasteiger partial charge < -0.3 is 16.8 Å². The van der Waals surface area contributed by atoms with E-state index in [-0.39, 0.29) is 41.6 Å². The fourth-order valence-corrected chi connectivity index (χ4v) is 2.68. The van der Waals surface area contributed by atoms with Crippen molar-refractivity contribution in [1.82, 2.24) is 9.13 Å². The van der Waals surface area contributed by atoms with Crippen LogP contribution >= 0.6 is 0 Å². The fourth-order valence-electron chi connectivity index (χ4n) is 2.68. The SMILES string of the molecule is CC(C)Cn1c(N)c(C(=O)CNc2ccc(F)c(C(N)=O)c2)c(=O)n(C)c1=O. The topological polar surface area (TPSA) is 142 Å². The van der Waals surface area contributed by atoms with E-state index in [9.17, 15) is 23.6 Å². The maximum atomic E-state index is 13.5. The van der Waals surface area contributed by atoms with Crippen molar-refractivity contribution in [2.75, 3.05) is 17.6 Å². The summed E-state index contributed by atoms with van der Waals surface area (Å²) in [7, 11) is 1.27. The van der Waals surface area contributed by atoms with Crippen LogP contribution in [-0.4, -0.2) is 27.4 Å². The molecule has 0 spiro atoms. The molecule has 150 valence electrons. The van der Waals surface area contributed by atoms with Gasteiger partial charge >= 0.3 is 5.69 Å². The zero-order valence-electron chi connectivity index (χ0n) is 15.8. The number of amides is 1. The number of halogens is 1. The van der Waals surface area contributed by atoms with E-state index < -0.39 is 28.8 Å². The van der Waals surface area contributed by atoms with E-state index >= 15 is 0 Å². The van der Waals surface area contributed by atoms with Crippen LogP contribution in [0, 0.1) is 11.7 Å². The van der Waals surface area contributed by atoms with Gasteiger partial charge in [-0.15, -0.1) is 0 Å². The normalized spacial score (nSPS) is 10.9. The summed E-state index contributed by atoms with van der Waals surface area (Å²) in [5, 5.41) is 2.70. The molecule has 1 aromatic carbocycles. The summed E-state index contributed by atoms with van der Waals surface area (Å²) in [5.74, 6) is -2.54. The number of carbonyl (C=O) groups is 2. The third-order valence-electron chi connectivity index (χ3n) is 4.09. The standard InChI is InChI=1S/C18H22FN5O4/c1-9(2)8-24-15(20)14(17(27)23(3)18(24)28)13(25)7-22-10-4-5-12(19)11(6-10)16(21)26/h4-6,9,22H,7-8,20H2,1-3H3,(H2,21,26). The molecule has 5 N–H and O–H groups in total. The maximum absolute atomic E-state index is 13.5. The molecule has 1 amide bonds. The van der Waals surface area contributed by atoms with Gasteiger partial charge in [0.25, 0.3) is 11.5 Å². The summed E-state index contributed by atoms with van der Waals surface area (Å²) >= 11 is 0. The van der Waals surface area contributed by atoms with Crippen molar-refractivity contribution in [3.05, 3.63) is 56.0 Å². The number of nitrogens with zero attached hydrogens (tertiary/aromatic N) is 2. The Morgan fingerprint density at radius 2 is 1.89 bits per heavy atom. The van der Waals surface area contributed by atoms with Crippen LogP contribution < -0.4 is 28.0 Å². The van der Waals surface area contributed by atoms with Gasteiger partial charge in [-0.05, 0) is 24.1 Å². The number of ketones is 1. The van der Waals surface area contributed by atoms with Crippen LogP contribution in [0.15, 0.2) is 27.8 Å². The molecule has 0 unspecified atom stereocenters. The van der Waals surface area contributed by atoms with Crippen LogP contribution in [0.4, 0.5) is 15.9 Å². The number of hydrogen-bond acceptors (Lipinski definition) is 6. The monoisotopic (exact) mass is 391 g/mol. The van der Waals surface area contributed by atoms with E-state index in [4.69, 9.17) is 11.5 Å². The Kier molecular flexibility index (Phi) is 6.02. The minimum Gasteiger partial charge on any atom is -0.384 e. The van der Waals surface area contributed by atoms with Crippen molar-refractivity contribution in [2.24, 2.45) is 18.7 Å². The van der Waals surface area contributed by atoms with Crippen LogP contribution in [0.5, 0.6) is 0 Å². The molecule has 0 saturated carbocycles. The Labute approximate surface area is 159 Å². The predicted octanol–water partition coefficient (Wildman–Crippen LogP) is 0.318. The number of primary amides is 1. The first kappa shape index (κ1) is 20.9. The van der Waals surface area contributed by atoms with Gasteiger partial charge in [-0.3, -0.25) is 23.5 Å². The average molecular weight is 391 g/mol. The molecule has 28 heavy (non-hydrogen) atoms. The molecule has 2 aromatic rings. The van der Waals surface area contributed by atoms with Crippen molar-refractivity contribution in [1.29, 1.82) is 0 Å². The van der Waals surface area contributed by atoms with Crippen molar-refractivity contribution in [3.8, 4) is 0 Å². The van der Waals surface area contributed by atoms with E-state index in [0.29, 0.717) is 0 Å². The molecule has 10 heteroatoms. The lowest BCUT2D eigenvalue weighted by Crippen LogP contribution is -2.43. The third kappa shape index (κ3) is 4.11. The smallest absolute Gasteiger partial charge is 0.332 e. The number of Topliss-reactive ketones (excluding diaryl/α,β-unsaturated/α-hetero) is 1. The number of anilines is 2. The van der Waals surface area contributed by atoms with Gasteiger partial charge in [-0.25, -0.2) is 9.18 Å². The van der Waals surface area contributed by atoms with Crippen LogP contribution in [0.25, 0.3) is 0 Å². The second-order valence-electron chi connectivity index (χ2n) is 6.75. The molecule has 0 atom stereocenters. The highest BCUT2D eigenvalue weighted by Crippen LogP contribution is 2.15. The summed E-state index contributed by atoms with van der Waals surface area (Å²) in [6, 6.07) is 3.51. The Morgan fingerprint density at radius 1 is 1.25 bits per heavy atom. The van der Waals surface area contributed by atoms with Crippen LogP contribution in [0.2, 0.25) is 0 Å². The number of aromatic nitrogens is 2. The van der Waals surface area contributed by atoms with E-state index in [2.05, 4.69) is 5.32 Å². The van der Waals surface area contributed by atoms with Crippen molar-refractivity contribution in [2.45, 2.75) is 20.4 Å². The molecular weight excluding hydrogens is 369 g/mol. The summed E-state index contributed by atoms with van der Waals surface area (Å²) in [6.07, 6.45) is 0. The van der Waals surface area contributed by atoms with E-state index in [1.165, 1.54) is 17.7 Å². The predicted molar refractivity (Wildman–Crippen MR) is 103 cm³/mol. The van der Waals surface area contributed by atoms with Crippen molar-refractivity contribution < 1.29 is 14.0 Å². The number of benzene rings is 1. The Morgan fingerprint density at radius 3 is 2.46 bits per heavy atom. The Balaban J connectivity index is 2.36. The molecular formula is C18H22FN5O4. The van der Waals surface area contributed by atoms with Crippen LogP contribution in [0.3, 0.4) is 0 Å². The van der Waals surface area contributed by atoms with Gasteiger partial charge in [0.05, 0.1) is 12.1 Å². The first-order valence-corrected chi connectivity index (χ1v) is 8.50. The van der Waals surface area contributed by atoms with Crippen molar-refractivity contribution >= 4 is 23.2 Å². The molecule has 2 rings (SSSR count). The maximum Gasteiger partial charge on any atom is 0.332 e. The van der Waals surface area contributed by atoms with Gasteiger partial charge in [0, 0.05) is 19.3 Å². The number of rotatable bonds is 7. The average Bonchev–Trinajstić information content (AvgIpc) is 2.62. The molecule has 0 aliphatic rings. The number of nitrogen functional groups attached to an aromatic ring is 1. The van der Waals surface area contributed by atoms with Gasteiger partial charge in [0.15, 0.2) is 5.78 Å². The summed E-state index contributed by atoms with van der Waals surface area (Å²) in [4.78, 5) is 48.5. The number of hydrogen-bond donors (Lipinski definition) is 3. The highest BCUT2D eigenvalue weighted by molar-refractivity contribution is 6.02. The van der Waals surface area contributed by atoms with Gasteiger partial charge in [0.1, 0.15) is 17.2 Å². The molecule has 0 saturated heterocycles. The minimum absolute atomic E-state index is 0.0602. The van der Waals surface area contributed by atoms with Gasteiger partial charge in [-0.1, -0.05) is 13.8 Å². The van der Waals surface area contributed by atoms with E-state index in [1.54, 1.807) is 0 Å². The lowest BCUT2D eigenvalue weighted by atomic mass is 10.1. The van der Waals surface area contributed by atoms with Gasteiger partial charge in [-0.2, -0.15) is 0 Å². The first-order chi connectivity index (χ1) is 13.0. The molecule has 0 aliphatic heterocycles. The molecule has 0 bridgehead atoms. The van der Waals surface area contributed by atoms with E-state index in [1.807, 2.05) is 13.8 Å². The second kappa shape index (κ2) is 8.07. The Hall–Kier alpha value is -3.43. The molecule has 9 nitrogen and oxygen atoms in total. The quantitative estimate of drug-likeness (QED) is 0.580. The summed E-state index contributed by atoms with van der Waals surface area (Å²) in [5.41, 5.74) is 9.24. The number of nitrogens with two attached hydrogens (primary N) is 2. The summed E-state index contributed by atoms with van der Waals surface area (Å²) < 4.78 is 15.5. The molecule has 1 aromatic heterocycles. The largest absolute Gasteiger partial charge is 0.384 e. The molecule has 0 aliphatic carbocycles. The van der Waals surface area contributed by atoms with E-state index in [0.717, 1.165) is 16.7 Å². The van der Waals surface area contributed by atoms with Gasteiger partial charge in [0.2, 0.25) is 0 Å². The highest BCUT2D eigenvalue weighted by atomic mass is 19.1. The minimum atomic E-state index is -0.952. The number of nitrogens with one attached hydrogen (secondary N) is 1. The molecule has 0 fully saturated rings. The van der Waals surface area contributed by atoms with Crippen LogP contribution in [0.1, 0.15) is 34.6 Å².